The van der Waals surface area contributed by atoms with Crippen molar-refractivity contribution in [1.82, 2.24) is 9.88 Å². The van der Waals surface area contributed by atoms with Crippen LogP contribution in [0.25, 0.3) is 0 Å². The van der Waals surface area contributed by atoms with Gasteiger partial charge in [-0.2, -0.15) is 0 Å². The molecular weight excluding hydrogens is 386 g/mol. The Morgan fingerprint density at radius 1 is 0.968 bits per heavy atom. The monoisotopic (exact) mass is 411 g/mol. The average molecular weight is 412 g/mol. The first-order valence-electron chi connectivity index (χ1n) is 10.4. The molecule has 0 aliphatic carbocycles. The summed E-state index contributed by atoms with van der Waals surface area (Å²) in [5.74, 6) is 6.80. The Morgan fingerprint density at radius 3 is 2.42 bits per heavy atom. The van der Waals surface area contributed by atoms with Crippen molar-refractivity contribution in [2.24, 2.45) is 0 Å². The number of hydrogen-bond acceptors (Lipinski definition) is 4. The Morgan fingerprint density at radius 2 is 1.74 bits per heavy atom. The molecule has 0 radical (unpaired) electrons. The van der Waals surface area contributed by atoms with Gasteiger partial charge in [-0.05, 0) is 55.3 Å². The molecule has 0 saturated carbocycles. The number of benzene rings is 2. The van der Waals surface area contributed by atoms with Crippen molar-refractivity contribution < 1.29 is 9.53 Å². The lowest BCUT2D eigenvalue weighted by Gasteiger charge is -2.36. The number of aromatic nitrogens is 1. The topological polar surface area (TPSA) is 45.7 Å². The van der Waals surface area contributed by atoms with Gasteiger partial charge in [0, 0.05) is 43.6 Å². The van der Waals surface area contributed by atoms with Gasteiger partial charge in [0.2, 0.25) is 0 Å². The molecule has 31 heavy (non-hydrogen) atoms. The third kappa shape index (κ3) is 4.87. The molecular formula is C26H25N3O2. The number of carbonyl (C=O) groups excluding carboxylic acids is 1. The van der Waals surface area contributed by atoms with Crippen molar-refractivity contribution in [2.45, 2.75) is 6.92 Å². The average Bonchev–Trinajstić information content (AvgIpc) is 2.83. The number of carbonyl (C=O) groups is 1. The van der Waals surface area contributed by atoms with Crippen LogP contribution in [0.1, 0.15) is 27.2 Å². The summed E-state index contributed by atoms with van der Waals surface area (Å²) in [6.07, 6.45) is 1.71. The molecule has 2 aromatic carbocycles. The second-order valence-corrected chi connectivity index (χ2v) is 7.49. The molecule has 1 aliphatic heterocycles. The van der Waals surface area contributed by atoms with Crippen LogP contribution in [-0.4, -0.2) is 49.1 Å². The number of anilines is 1. The van der Waals surface area contributed by atoms with Crippen molar-refractivity contribution in [3.8, 4) is 17.6 Å². The maximum Gasteiger partial charge on any atom is 0.254 e. The molecule has 1 amide bonds. The smallest absolute Gasteiger partial charge is 0.254 e. The Balaban J connectivity index is 1.47. The fourth-order valence-electron chi connectivity index (χ4n) is 3.61. The Kier molecular flexibility index (Phi) is 6.18. The lowest BCUT2D eigenvalue weighted by molar-refractivity contribution is 0.0746. The number of pyridine rings is 1. The van der Waals surface area contributed by atoms with E-state index in [2.05, 4.69) is 52.9 Å². The van der Waals surface area contributed by atoms with Gasteiger partial charge in [-0.1, -0.05) is 29.7 Å². The summed E-state index contributed by atoms with van der Waals surface area (Å²) in [6, 6.07) is 19.5. The van der Waals surface area contributed by atoms with Crippen LogP contribution >= 0.6 is 0 Å². The third-order valence-corrected chi connectivity index (χ3v) is 5.40. The molecule has 0 N–H and O–H groups in total. The Hall–Kier alpha value is -3.78. The highest BCUT2D eigenvalue weighted by atomic mass is 16.5. The molecule has 0 bridgehead atoms. The molecule has 1 saturated heterocycles. The molecule has 0 unspecified atom stereocenters. The largest absolute Gasteiger partial charge is 0.495 e. The number of hydrogen-bond donors (Lipinski definition) is 0. The van der Waals surface area contributed by atoms with E-state index < -0.39 is 0 Å². The highest BCUT2D eigenvalue weighted by Crippen LogP contribution is 2.22. The predicted molar refractivity (Wildman–Crippen MR) is 123 cm³/mol. The van der Waals surface area contributed by atoms with E-state index in [9.17, 15) is 4.79 Å². The van der Waals surface area contributed by atoms with Crippen molar-refractivity contribution in [3.63, 3.8) is 0 Å². The second kappa shape index (κ2) is 9.36. The zero-order chi connectivity index (χ0) is 21.6. The second-order valence-electron chi connectivity index (χ2n) is 7.49. The number of amides is 1. The number of aryl methyl sites for hydroxylation is 1. The first-order valence-corrected chi connectivity index (χ1v) is 10.4. The summed E-state index contributed by atoms with van der Waals surface area (Å²) < 4.78 is 5.43. The van der Waals surface area contributed by atoms with Crippen molar-refractivity contribution in [2.75, 3.05) is 38.2 Å². The van der Waals surface area contributed by atoms with Crippen LogP contribution in [0.4, 0.5) is 5.69 Å². The van der Waals surface area contributed by atoms with Gasteiger partial charge >= 0.3 is 0 Å². The Bertz CT molecular complexity index is 1110. The molecule has 156 valence electrons. The molecule has 1 aliphatic rings. The van der Waals surface area contributed by atoms with Crippen LogP contribution in [0.15, 0.2) is 66.9 Å². The molecule has 5 heteroatoms. The quantitative estimate of drug-likeness (QED) is 0.616. The van der Waals surface area contributed by atoms with Crippen molar-refractivity contribution in [3.05, 3.63) is 89.2 Å². The maximum absolute atomic E-state index is 13.1. The van der Waals surface area contributed by atoms with E-state index in [0.717, 1.165) is 13.1 Å². The van der Waals surface area contributed by atoms with E-state index in [1.54, 1.807) is 25.4 Å². The lowest BCUT2D eigenvalue weighted by Crippen LogP contribution is -2.48. The number of piperazine rings is 1. The van der Waals surface area contributed by atoms with Gasteiger partial charge < -0.3 is 14.5 Å². The van der Waals surface area contributed by atoms with E-state index in [1.165, 1.54) is 11.3 Å². The van der Waals surface area contributed by atoms with Gasteiger partial charge in [-0.25, -0.2) is 4.98 Å². The van der Waals surface area contributed by atoms with Gasteiger partial charge in [0.25, 0.3) is 5.91 Å². The molecule has 0 spiro atoms. The minimum absolute atomic E-state index is 0.0205. The zero-order valence-corrected chi connectivity index (χ0v) is 17.8. The number of nitrogens with zero attached hydrogens (tertiary/aromatic N) is 3. The van der Waals surface area contributed by atoms with E-state index >= 15 is 0 Å². The fourth-order valence-corrected chi connectivity index (χ4v) is 3.61. The van der Waals surface area contributed by atoms with E-state index in [0.29, 0.717) is 35.7 Å². The van der Waals surface area contributed by atoms with Crippen LogP contribution in [0.5, 0.6) is 5.75 Å². The highest BCUT2D eigenvalue weighted by Gasteiger charge is 2.23. The van der Waals surface area contributed by atoms with Crippen LogP contribution in [0.2, 0.25) is 0 Å². The minimum atomic E-state index is 0.0205. The lowest BCUT2D eigenvalue weighted by atomic mass is 10.1. The first-order chi connectivity index (χ1) is 15.1. The summed E-state index contributed by atoms with van der Waals surface area (Å²) in [4.78, 5) is 21.6. The summed E-state index contributed by atoms with van der Waals surface area (Å²) in [7, 11) is 1.60. The molecule has 3 aromatic rings. The van der Waals surface area contributed by atoms with Gasteiger partial charge in [0.15, 0.2) is 0 Å². The normalized spacial score (nSPS) is 13.4. The Labute approximate surface area is 183 Å². The van der Waals surface area contributed by atoms with Crippen molar-refractivity contribution in [1.29, 1.82) is 0 Å². The van der Waals surface area contributed by atoms with Gasteiger partial charge in [0.05, 0.1) is 12.7 Å². The van der Waals surface area contributed by atoms with Crippen LogP contribution in [0, 0.1) is 18.8 Å². The van der Waals surface area contributed by atoms with Crippen LogP contribution in [-0.2, 0) is 0 Å². The molecule has 2 heterocycles. The predicted octanol–water partition coefficient (Wildman–Crippen LogP) is 3.76. The fraction of sp³-hybridized carbons (Fsp3) is 0.231. The van der Waals surface area contributed by atoms with Gasteiger partial charge in [0.1, 0.15) is 11.4 Å². The van der Waals surface area contributed by atoms with Gasteiger partial charge in [-0.15, -0.1) is 0 Å². The van der Waals surface area contributed by atoms with Crippen LogP contribution < -0.4 is 9.64 Å². The molecule has 1 fully saturated rings. The molecule has 5 nitrogen and oxygen atoms in total. The molecule has 1 aromatic heterocycles. The van der Waals surface area contributed by atoms with Gasteiger partial charge in [-0.3, -0.25) is 4.79 Å². The zero-order valence-electron chi connectivity index (χ0n) is 17.8. The number of rotatable bonds is 3. The molecule has 0 atom stereocenters. The third-order valence-electron chi connectivity index (χ3n) is 5.40. The van der Waals surface area contributed by atoms with E-state index in [1.807, 2.05) is 29.2 Å². The number of methoxy groups -OCH3 is 1. The summed E-state index contributed by atoms with van der Waals surface area (Å²) >= 11 is 0. The number of ether oxygens (including phenoxy) is 1. The highest BCUT2D eigenvalue weighted by molar-refractivity contribution is 5.95. The van der Waals surface area contributed by atoms with E-state index in [4.69, 9.17) is 4.74 Å². The van der Waals surface area contributed by atoms with E-state index in [-0.39, 0.29) is 5.91 Å². The first kappa shape index (κ1) is 20.5. The minimum Gasteiger partial charge on any atom is -0.495 e. The standard InChI is InChI=1S/C26H25N3O2/c1-20-6-11-24(12-7-20)28-15-17-29(18-16-28)26(30)22-9-13-25(31-2)21(19-22)8-10-23-5-3-4-14-27-23/h3-7,9,11-14,19H,15-18H2,1-2H3. The van der Waals surface area contributed by atoms with Crippen LogP contribution in [0.3, 0.4) is 0 Å². The summed E-state index contributed by atoms with van der Waals surface area (Å²) in [5, 5.41) is 0. The summed E-state index contributed by atoms with van der Waals surface area (Å²) in [5.41, 5.74) is 4.42. The molecule has 4 rings (SSSR count). The SMILES string of the molecule is COc1ccc(C(=O)N2CCN(c3ccc(C)cc3)CC2)cc1C#Cc1ccccn1. The van der Waals surface area contributed by atoms with Crippen molar-refractivity contribution >= 4 is 11.6 Å². The summed E-state index contributed by atoms with van der Waals surface area (Å²) in [6.45, 7) is 5.10. The maximum atomic E-state index is 13.1.